The van der Waals surface area contributed by atoms with Gasteiger partial charge in [-0.25, -0.2) is 0 Å². The zero-order chi connectivity index (χ0) is 26.1. The molecule has 3 aliphatic rings. The summed E-state index contributed by atoms with van der Waals surface area (Å²) >= 11 is 0. The van der Waals surface area contributed by atoms with Gasteiger partial charge in [-0.3, -0.25) is 9.29 Å². The van der Waals surface area contributed by atoms with Gasteiger partial charge in [0.25, 0.3) is 0 Å². The first-order valence-corrected chi connectivity index (χ1v) is 13.6. The van der Waals surface area contributed by atoms with E-state index in [0.29, 0.717) is 19.0 Å². The molecule has 6 heteroatoms. The van der Waals surface area contributed by atoms with Crippen molar-refractivity contribution in [3.63, 3.8) is 0 Å². The predicted molar refractivity (Wildman–Crippen MR) is 147 cm³/mol. The average molecular weight is 516 g/mol. The maximum absolute atomic E-state index is 12.7. The van der Waals surface area contributed by atoms with E-state index in [4.69, 9.17) is 14.2 Å². The van der Waals surface area contributed by atoms with E-state index in [1.807, 2.05) is 18.2 Å². The molecule has 3 aliphatic heterocycles. The molecule has 1 atom stereocenters. The number of rotatable bonds is 8. The molecule has 3 aromatic carbocycles. The van der Waals surface area contributed by atoms with Gasteiger partial charge < -0.3 is 19.3 Å². The first kappa shape index (κ1) is 24.8. The quantitative estimate of drug-likeness (QED) is 0.374. The number of halogens is 1. The van der Waals surface area contributed by atoms with Gasteiger partial charge in [0.05, 0.1) is 13.3 Å². The molecule has 0 aromatic heterocycles. The Morgan fingerprint density at radius 3 is 2.63 bits per heavy atom. The molecule has 1 fully saturated rings. The Kier molecular flexibility index (Phi) is 6.98. The van der Waals surface area contributed by atoms with Crippen molar-refractivity contribution >= 4 is 11.1 Å². The topological polar surface area (TPSA) is 51.2 Å². The Morgan fingerprint density at radius 2 is 1.84 bits per heavy atom. The van der Waals surface area contributed by atoms with Crippen LogP contribution in [0.5, 0.6) is 23.0 Å². The molecule has 6 rings (SSSR count). The Hall–Kier alpha value is -3.51. The summed E-state index contributed by atoms with van der Waals surface area (Å²) in [6.07, 6.45) is 2.56. The SMILES string of the molecule is CCCc1ccc2c(c1)C1=C(c3ccc(O)cc3OCC1)[C@@H](c1ccc(OCCN3CC(CF)C3)cc1)O2. The minimum Gasteiger partial charge on any atom is -0.508 e. The minimum atomic E-state index is -0.313. The van der Waals surface area contributed by atoms with Crippen molar-refractivity contribution in [1.82, 2.24) is 4.90 Å². The van der Waals surface area contributed by atoms with E-state index in [9.17, 15) is 9.50 Å². The van der Waals surface area contributed by atoms with Crippen molar-refractivity contribution in [2.45, 2.75) is 32.3 Å². The third kappa shape index (κ3) is 4.85. The van der Waals surface area contributed by atoms with Gasteiger partial charge in [-0.2, -0.15) is 0 Å². The highest BCUT2D eigenvalue weighted by Gasteiger charge is 2.34. The Labute approximate surface area is 223 Å². The van der Waals surface area contributed by atoms with Crippen molar-refractivity contribution < 1.29 is 23.7 Å². The molecule has 0 unspecified atom stereocenters. The van der Waals surface area contributed by atoms with Crippen LogP contribution in [0.4, 0.5) is 4.39 Å². The molecule has 198 valence electrons. The predicted octanol–water partition coefficient (Wildman–Crippen LogP) is 6.45. The molecule has 3 heterocycles. The molecule has 0 amide bonds. The summed E-state index contributed by atoms with van der Waals surface area (Å²) in [4.78, 5) is 2.22. The van der Waals surface area contributed by atoms with Crippen LogP contribution in [-0.2, 0) is 6.42 Å². The summed E-state index contributed by atoms with van der Waals surface area (Å²) in [5, 5.41) is 10.1. The van der Waals surface area contributed by atoms with Gasteiger partial charge in [0, 0.05) is 54.7 Å². The first-order chi connectivity index (χ1) is 18.6. The number of fused-ring (bicyclic) bond motifs is 4. The lowest BCUT2D eigenvalue weighted by Gasteiger charge is -2.37. The largest absolute Gasteiger partial charge is 0.508 e. The number of aromatic hydroxyl groups is 1. The van der Waals surface area contributed by atoms with Gasteiger partial charge in [-0.05, 0) is 59.5 Å². The fraction of sp³-hybridized carbons (Fsp3) is 0.375. The second kappa shape index (κ2) is 10.7. The van der Waals surface area contributed by atoms with E-state index >= 15 is 0 Å². The van der Waals surface area contributed by atoms with E-state index in [1.165, 1.54) is 11.1 Å². The van der Waals surface area contributed by atoms with Crippen LogP contribution in [-0.4, -0.2) is 49.5 Å². The lowest BCUT2D eigenvalue weighted by molar-refractivity contribution is 0.0668. The lowest BCUT2D eigenvalue weighted by atomic mass is 9.83. The molecule has 0 aliphatic carbocycles. The second-order valence-electron chi connectivity index (χ2n) is 10.4. The summed E-state index contributed by atoms with van der Waals surface area (Å²) in [5.41, 5.74) is 6.74. The highest BCUT2D eigenvalue weighted by atomic mass is 19.1. The third-order valence-corrected chi connectivity index (χ3v) is 7.71. The molecule has 0 radical (unpaired) electrons. The number of phenolic OH excluding ortho intramolecular Hbond substituents is 1. The molecule has 0 bridgehead atoms. The highest BCUT2D eigenvalue weighted by molar-refractivity contribution is 5.98. The summed E-state index contributed by atoms with van der Waals surface area (Å²) in [6, 6.07) is 20.0. The summed E-state index contributed by atoms with van der Waals surface area (Å²) in [7, 11) is 0. The normalized spacial score (nSPS) is 18.8. The fourth-order valence-corrected chi connectivity index (χ4v) is 5.76. The third-order valence-electron chi connectivity index (χ3n) is 7.71. The number of phenols is 1. The van der Waals surface area contributed by atoms with Crippen LogP contribution in [0.15, 0.2) is 60.7 Å². The van der Waals surface area contributed by atoms with Gasteiger partial charge >= 0.3 is 0 Å². The molecule has 0 saturated carbocycles. The minimum absolute atomic E-state index is 0.187. The number of aryl methyl sites for hydroxylation is 1. The van der Waals surface area contributed by atoms with Crippen LogP contribution in [0.25, 0.3) is 11.1 Å². The van der Waals surface area contributed by atoms with Gasteiger partial charge in [-0.1, -0.05) is 31.5 Å². The molecule has 1 saturated heterocycles. The lowest BCUT2D eigenvalue weighted by Crippen LogP contribution is -2.49. The van der Waals surface area contributed by atoms with Crippen LogP contribution in [0.2, 0.25) is 0 Å². The summed E-state index contributed by atoms with van der Waals surface area (Å²) < 4.78 is 31.4. The molecular weight excluding hydrogens is 481 g/mol. The second-order valence-corrected chi connectivity index (χ2v) is 10.4. The van der Waals surface area contributed by atoms with Crippen LogP contribution in [0, 0.1) is 5.92 Å². The van der Waals surface area contributed by atoms with E-state index in [-0.39, 0.29) is 24.4 Å². The molecular formula is C32H34FNO4. The van der Waals surface area contributed by atoms with E-state index in [2.05, 4.69) is 42.2 Å². The standard InChI is InChI=1S/C32H34FNO4/c1-2-3-21-4-11-29-28(16-21)26-12-14-37-30-17-24(35)7-10-27(30)31(26)32(38-29)23-5-8-25(9-6-23)36-15-13-34-19-22(18-33)20-34/h4-11,16-17,22,32,35H,2-3,12-15,18-20H2,1H3/t32-/m1/s1. The van der Waals surface area contributed by atoms with E-state index in [0.717, 1.165) is 72.7 Å². The molecule has 38 heavy (non-hydrogen) atoms. The number of benzene rings is 3. The van der Waals surface area contributed by atoms with Crippen molar-refractivity contribution in [1.29, 1.82) is 0 Å². The maximum atomic E-state index is 12.7. The zero-order valence-electron chi connectivity index (χ0n) is 21.8. The first-order valence-electron chi connectivity index (χ1n) is 13.6. The van der Waals surface area contributed by atoms with Crippen molar-refractivity contribution in [2.24, 2.45) is 5.92 Å². The molecule has 1 N–H and O–H groups in total. The van der Waals surface area contributed by atoms with Gasteiger partial charge in [0.2, 0.25) is 0 Å². The van der Waals surface area contributed by atoms with Crippen LogP contribution >= 0.6 is 0 Å². The average Bonchev–Trinajstić information content (AvgIpc) is 3.09. The smallest absolute Gasteiger partial charge is 0.150 e. The number of ether oxygens (including phenoxy) is 3. The number of nitrogens with zero attached hydrogens (tertiary/aromatic N) is 1. The van der Waals surface area contributed by atoms with Gasteiger partial charge in [0.15, 0.2) is 0 Å². The summed E-state index contributed by atoms with van der Waals surface area (Å²) in [5.74, 6) is 2.75. The van der Waals surface area contributed by atoms with Crippen molar-refractivity contribution in [3.05, 3.63) is 82.9 Å². The van der Waals surface area contributed by atoms with E-state index in [1.54, 1.807) is 12.1 Å². The molecule has 3 aromatic rings. The number of hydrogen-bond donors (Lipinski definition) is 1. The van der Waals surface area contributed by atoms with Crippen molar-refractivity contribution in [2.75, 3.05) is 39.5 Å². The van der Waals surface area contributed by atoms with Gasteiger partial charge in [0.1, 0.15) is 35.7 Å². The van der Waals surface area contributed by atoms with Crippen molar-refractivity contribution in [3.8, 4) is 23.0 Å². The zero-order valence-corrected chi connectivity index (χ0v) is 21.8. The summed E-state index contributed by atoms with van der Waals surface area (Å²) in [6.45, 7) is 5.52. The monoisotopic (exact) mass is 515 g/mol. The van der Waals surface area contributed by atoms with E-state index < -0.39 is 0 Å². The van der Waals surface area contributed by atoms with Gasteiger partial charge in [-0.15, -0.1) is 0 Å². The fourth-order valence-electron chi connectivity index (χ4n) is 5.76. The highest BCUT2D eigenvalue weighted by Crippen LogP contribution is 2.51. The molecule has 5 nitrogen and oxygen atoms in total. The van der Waals surface area contributed by atoms with Crippen LogP contribution in [0.3, 0.4) is 0 Å². The van der Waals surface area contributed by atoms with Crippen LogP contribution in [0.1, 0.15) is 48.1 Å². The Bertz CT molecular complexity index is 1330. The number of hydrogen-bond acceptors (Lipinski definition) is 5. The Morgan fingerprint density at radius 1 is 1.00 bits per heavy atom. The van der Waals surface area contributed by atoms with Crippen LogP contribution < -0.4 is 14.2 Å². The number of likely N-dealkylation sites (tertiary alicyclic amines) is 1. The molecule has 0 spiro atoms. The Balaban J connectivity index is 1.30. The number of alkyl halides is 1. The maximum Gasteiger partial charge on any atom is 0.150 e.